The fourth-order valence-electron chi connectivity index (χ4n) is 3.80. The van der Waals surface area contributed by atoms with Gasteiger partial charge in [-0.05, 0) is 67.4 Å². The molecule has 0 saturated heterocycles. The highest BCUT2D eigenvalue weighted by Gasteiger charge is 2.17. The predicted octanol–water partition coefficient (Wildman–Crippen LogP) is 4.18. The summed E-state index contributed by atoms with van der Waals surface area (Å²) in [6, 6.07) is 13.0. The molecule has 0 bridgehead atoms. The number of benzene rings is 2. The Morgan fingerprint density at radius 2 is 2.00 bits per heavy atom. The molecule has 0 unspecified atom stereocenters. The van der Waals surface area contributed by atoms with Crippen LogP contribution in [0.1, 0.15) is 22.8 Å². The van der Waals surface area contributed by atoms with Crippen LogP contribution in [0.25, 0.3) is 26.3 Å². The van der Waals surface area contributed by atoms with Crippen LogP contribution in [0.3, 0.4) is 0 Å². The first-order chi connectivity index (χ1) is 16.5. The molecule has 172 valence electrons. The molecule has 7 nitrogen and oxygen atoms in total. The summed E-state index contributed by atoms with van der Waals surface area (Å²) in [4.78, 5) is 32.9. The zero-order chi connectivity index (χ0) is 23.7. The average molecular weight is 476 g/mol. The van der Waals surface area contributed by atoms with Crippen LogP contribution in [-0.4, -0.2) is 38.9 Å². The van der Waals surface area contributed by atoms with E-state index < -0.39 is 6.04 Å². The summed E-state index contributed by atoms with van der Waals surface area (Å²) in [6.07, 6.45) is 6.20. The van der Waals surface area contributed by atoms with Crippen molar-refractivity contribution in [2.45, 2.75) is 19.4 Å². The molecule has 0 radical (unpaired) electrons. The van der Waals surface area contributed by atoms with Crippen LogP contribution >= 0.6 is 11.3 Å². The minimum Gasteiger partial charge on any atom is -0.361 e. The van der Waals surface area contributed by atoms with Gasteiger partial charge in [0.25, 0.3) is 5.91 Å². The Balaban J connectivity index is 1.18. The number of hydrogen-bond donors (Lipinski definition) is 3. The largest absolute Gasteiger partial charge is 0.361 e. The summed E-state index contributed by atoms with van der Waals surface area (Å²) in [6.45, 7) is 2.02. The standard InChI is InChI=1S/C25H22FN5O2S/c1-15(23(32)27-9-8-17-14-28-20-7-5-18(26)13-19(17)20)29-24(33)16-4-6-21-22(12-16)34-25(30-21)31-10-2-3-11-31/h2-7,10-15,28H,8-9H2,1H3,(H,27,32)(H,29,33)/t15-/m1/s1. The van der Waals surface area contributed by atoms with Crippen molar-refractivity contribution in [3.63, 3.8) is 0 Å². The number of thiazole rings is 1. The molecule has 2 aromatic carbocycles. The Bertz CT molecular complexity index is 1490. The number of aromatic amines is 1. The summed E-state index contributed by atoms with van der Waals surface area (Å²) < 4.78 is 16.3. The summed E-state index contributed by atoms with van der Waals surface area (Å²) in [5.41, 5.74) is 3.05. The highest BCUT2D eigenvalue weighted by molar-refractivity contribution is 7.20. The van der Waals surface area contributed by atoms with E-state index in [9.17, 15) is 14.0 Å². The van der Waals surface area contributed by atoms with Crippen molar-refractivity contribution in [1.82, 2.24) is 25.2 Å². The number of hydrogen-bond acceptors (Lipinski definition) is 4. The molecule has 0 spiro atoms. The van der Waals surface area contributed by atoms with Gasteiger partial charge in [-0.25, -0.2) is 9.37 Å². The fraction of sp³-hybridized carbons (Fsp3) is 0.160. The smallest absolute Gasteiger partial charge is 0.251 e. The number of rotatable bonds is 7. The second kappa shape index (κ2) is 9.11. The Hall–Kier alpha value is -3.98. The number of carbonyl (C=O) groups is 2. The zero-order valence-corrected chi connectivity index (χ0v) is 19.2. The number of nitrogens with one attached hydrogen (secondary N) is 3. The predicted molar refractivity (Wildman–Crippen MR) is 131 cm³/mol. The molecule has 9 heteroatoms. The van der Waals surface area contributed by atoms with E-state index in [2.05, 4.69) is 20.6 Å². The van der Waals surface area contributed by atoms with E-state index in [-0.39, 0.29) is 17.6 Å². The van der Waals surface area contributed by atoms with Gasteiger partial charge in [0.1, 0.15) is 11.9 Å². The molecule has 0 aliphatic rings. The second-order valence-electron chi connectivity index (χ2n) is 8.01. The normalized spacial score (nSPS) is 12.2. The molecule has 3 heterocycles. The third-order valence-corrected chi connectivity index (χ3v) is 6.66. The van der Waals surface area contributed by atoms with Crippen molar-refractivity contribution >= 4 is 44.3 Å². The van der Waals surface area contributed by atoms with E-state index in [0.29, 0.717) is 18.5 Å². The number of H-pyrrole nitrogens is 1. The first-order valence-corrected chi connectivity index (χ1v) is 11.7. The molecule has 3 aromatic heterocycles. The Labute approximate surface area is 198 Å². The van der Waals surface area contributed by atoms with Crippen molar-refractivity contribution in [3.05, 3.63) is 84.1 Å². The molecule has 0 aliphatic carbocycles. The van der Waals surface area contributed by atoms with E-state index in [1.807, 2.05) is 41.4 Å². The average Bonchev–Trinajstić information content (AvgIpc) is 3.58. The lowest BCUT2D eigenvalue weighted by Crippen LogP contribution is -2.45. The summed E-state index contributed by atoms with van der Waals surface area (Å²) in [5.74, 6) is -0.910. The lowest BCUT2D eigenvalue weighted by Gasteiger charge is -2.14. The summed E-state index contributed by atoms with van der Waals surface area (Å²) in [5, 5.41) is 7.20. The Kier molecular flexibility index (Phi) is 5.85. The monoisotopic (exact) mass is 475 g/mol. The van der Waals surface area contributed by atoms with Gasteiger partial charge in [-0.1, -0.05) is 11.3 Å². The van der Waals surface area contributed by atoms with E-state index in [1.165, 1.54) is 23.5 Å². The van der Waals surface area contributed by atoms with Gasteiger partial charge >= 0.3 is 0 Å². The highest BCUT2D eigenvalue weighted by Crippen LogP contribution is 2.26. The van der Waals surface area contributed by atoms with Crippen molar-refractivity contribution in [2.75, 3.05) is 6.54 Å². The van der Waals surface area contributed by atoms with Crippen LogP contribution in [0, 0.1) is 5.82 Å². The van der Waals surface area contributed by atoms with Crippen molar-refractivity contribution < 1.29 is 14.0 Å². The lowest BCUT2D eigenvalue weighted by molar-refractivity contribution is -0.122. The van der Waals surface area contributed by atoms with E-state index in [4.69, 9.17) is 0 Å². The van der Waals surface area contributed by atoms with Gasteiger partial charge in [-0.15, -0.1) is 0 Å². The topological polar surface area (TPSA) is 91.8 Å². The maximum atomic E-state index is 13.5. The second-order valence-corrected chi connectivity index (χ2v) is 9.02. The minimum atomic E-state index is -0.708. The van der Waals surface area contributed by atoms with Crippen LogP contribution in [0.15, 0.2) is 67.1 Å². The Morgan fingerprint density at radius 1 is 1.18 bits per heavy atom. The van der Waals surface area contributed by atoms with E-state index in [1.54, 1.807) is 25.1 Å². The quantitative estimate of drug-likeness (QED) is 0.330. The number of amides is 2. The summed E-state index contributed by atoms with van der Waals surface area (Å²) >= 11 is 1.49. The van der Waals surface area contributed by atoms with Crippen LogP contribution in [0.5, 0.6) is 0 Å². The maximum Gasteiger partial charge on any atom is 0.251 e. The minimum absolute atomic E-state index is 0.284. The Morgan fingerprint density at radius 3 is 2.82 bits per heavy atom. The van der Waals surface area contributed by atoms with Crippen LogP contribution in [0.4, 0.5) is 4.39 Å². The van der Waals surface area contributed by atoms with Gasteiger partial charge in [0, 0.05) is 41.6 Å². The fourth-order valence-corrected chi connectivity index (χ4v) is 4.77. The SMILES string of the molecule is C[C@@H](NC(=O)c1ccc2nc(-n3cccc3)sc2c1)C(=O)NCCc1c[nH]c2ccc(F)cc12. The molecular weight excluding hydrogens is 453 g/mol. The number of nitrogens with zero attached hydrogens (tertiary/aromatic N) is 2. The summed E-state index contributed by atoms with van der Waals surface area (Å²) in [7, 11) is 0. The third-order valence-electron chi connectivity index (χ3n) is 5.63. The first kappa shape index (κ1) is 21.8. The van der Waals surface area contributed by atoms with Gasteiger partial charge in [-0.3, -0.25) is 9.59 Å². The molecule has 0 aliphatic heterocycles. The van der Waals surface area contributed by atoms with Crippen molar-refractivity contribution in [3.8, 4) is 5.13 Å². The number of aromatic nitrogens is 3. The zero-order valence-electron chi connectivity index (χ0n) is 18.3. The molecule has 3 N–H and O–H groups in total. The molecule has 2 amide bonds. The highest BCUT2D eigenvalue weighted by atomic mass is 32.1. The maximum absolute atomic E-state index is 13.5. The number of carbonyl (C=O) groups excluding carboxylic acids is 2. The molecule has 5 aromatic rings. The first-order valence-electron chi connectivity index (χ1n) is 10.9. The van der Waals surface area contributed by atoms with Gasteiger partial charge < -0.3 is 20.2 Å². The molecule has 0 fully saturated rings. The molecule has 0 saturated carbocycles. The van der Waals surface area contributed by atoms with Crippen LogP contribution < -0.4 is 10.6 Å². The van der Waals surface area contributed by atoms with E-state index in [0.717, 1.165) is 31.8 Å². The van der Waals surface area contributed by atoms with Gasteiger partial charge in [0.2, 0.25) is 5.91 Å². The molecular formula is C25H22FN5O2S. The molecule has 34 heavy (non-hydrogen) atoms. The lowest BCUT2D eigenvalue weighted by atomic mass is 10.1. The van der Waals surface area contributed by atoms with Crippen LogP contribution in [-0.2, 0) is 11.2 Å². The van der Waals surface area contributed by atoms with Gasteiger partial charge in [0.05, 0.1) is 10.2 Å². The van der Waals surface area contributed by atoms with Gasteiger partial charge in [0.15, 0.2) is 5.13 Å². The van der Waals surface area contributed by atoms with Crippen LogP contribution in [0.2, 0.25) is 0 Å². The van der Waals surface area contributed by atoms with Crippen molar-refractivity contribution in [2.24, 2.45) is 0 Å². The van der Waals surface area contributed by atoms with Crippen molar-refractivity contribution in [1.29, 1.82) is 0 Å². The number of fused-ring (bicyclic) bond motifs is 2. The molecule has 1 atom stereocenters. The molecule has 5 rings (SSSR count). The number of halogens is 1. The van der Waals surface area contributed by atoms with Gasteiger partial charge in [-0.2, -0.15) is 0 Å². The van der Waals surface area contributed by atoms with E-state index >= 15 is 0 Å². The third kappa shape index (κ3) is 4.42.